The van der Waals surface area contributed by atoms with Gasteiger partial charge in [-0.25, -0.2) is 0 Å². The predicted molar refractivity (Wildman–Crippen MR) is 79.3 cm³/mol. The molecule has 154 valence electrons. The molecular weight excluding hydrogens is 360 g/mol. The third-order valence-corrected chi connectivity index (χ3v) is 4.47. The molecule has 12 nitrogen and oxygen atoms in total. The van der Waals surface area contributed by atoms with Gasteiger partial charge in [0.15, 0.2) is 18.9 Å². The third kappa shape index (κ3) is 4.16. The second-order valence-corrected chi connectivity index (χ2v) is 6.11. The minimum absolute atomic E-state index is 0.628. The van der Waals surface area contributed by atoms with E-state index in [1.165, 1.54) is 14.2 Å². The van der Waals surface area contributed by atoms with Crippen LogP contribution in [0.4, 0.5) is 0 Å². The van der Waals surface area contributed by atoms with Gasteiger partial charge < -0.3 is 59.4 Å². The average Bonchev–Trinajstić information content (AvgIpc) is 2.64. The summed E-state index contributed by atoms with van der Waals surface area (Å²) in [6.45, 7) is -0.628. The van der Waals surface area contributed by atoms with Gasteiger partial charge in [0, 0.05) is 14.2 Å². The maximum Gasteiger partial charge on any atom is 0.186 e. The Morgan fingerprint density at radius 2 is 1.35 bits per heavy atom. The van der Waals surface area contributed by atoms with Crippen LogP contribution >= 0.6 is 0 Å². The van der Waals surface area contributed by atoms with Crippen molar-refractivity contribution in [1.29, 1.82) is 0 Å². The van der Waals surface area contributed by atoms with Crippen molar-refractivity contribution in [3.63, 3.8) is 0 Å². The van der Waals surface area contributed by atoms with Gasteiger partial charge in [-0.1, -0.05) is 0 Å². The third-order valence-electron chi connectivity index (χ3n) is 4.47. The second-order valence-electron chi connectivity index (χ2n) is 6.11. The second kappa shape index (κ2) is 9.14. The summed E-state index contributed by atoms with van der Waals surface area (Å²) >= 11 is 0. The first kappa shape index (κ1) is 21.8. The molecule has 11 atom stereocenters. The summed E-state index contributed by atoms with van der Waals surface area (Å²) in [6, 6.07) is 0. The number of aliphatic hydroxyl groups excluding tert-OH is 7. The lowest BCUT2D eigenvalue weighted by atomic mass is 9.97. The summed E-state index contributed by atoms with van der Waals surface area (Å²) in [7, 11) is 2.42. The molecule has 0 aliphatic carbocycles. The summed E-state index contributed by atoms with van der Waals surface area (Å²) in [5.41, 5.74) is 0. The molecule has 2 heterocycles. The molecule has 2 aliphatic rings. The van der Waals surface area contributed by atoms with Gasteiger partial charge in [-0.15, -0.1) is 0 Å². The quantitative estimate of drug-likeness (QED) is 0.216. The van der Waals surface area contributed by atoms with Crippen molar-refractivity contribution in [2.75, 3.05) is 20.8 Å². The van der Waals surface area contributed by atoms with Gasteiger partial charge in [0.1, 0.15) is 48.8 Å². The van der Waals surface area contributed by atoms with E-state index in [-0.39, 0.29) is 0 Å². The van der Waals surface area contributed by atoms with E-state index in [1.807, 2.05) is 0 Å². The lowest BCUT2D eigenvalue weighted by Crippen LogP contribution is -2.64. The Morgan fingerprint density at radius 1 is 0.808 bits per heavy atom. The average molecular weight is 386 g/mol. The zero-order chi connectivity index (χ0) is 19.6. The fraction of sp³-hybridized carbons (Fsp3) is 1.00. The van der Waals surface area contributed by atoms with Crippen LogP contribution in [0.3, 0.4) is 0 Å². The van der Waals surface area contributed by atoms with Gasteiger partial charge in [-0.2, -0.15) is 0 Å². The fourth-order valence-corrected chi connectivity index (χ4v) is 2.96. The van der Waals surface area contributed by atoms with Crippen LogP contribution < -0.4 is 0 Å². The zero-order valence-corrected chi connectivity index (χ0v) is 14.2. The van der Waals surface area contributed by atoms with Gasteiger partial charge in [0.2, 0.25) is 0 Å². The van der Waals surface area contributed by atoms with Crippen LogP contribution in [0.1, 0.15) is 0 Å². The molecule has 0 aromatic rings. The predicted octanol–water partition coefficient (Wildman–Crippen LogP) is -4.77. The highest BCUT2D eigenvalue weighted by molar-refractivity contribution is 4.93. The van der Waals surface area contributed by atoms with Crippen molar-refractivity contribution in [1.82, 2.24) is 0 Å². The van der Waals surface area contributed by atoms with E-state index >= 15 is 0 Å². The van der Waals surface area contributed by atoms with Crippen LogP contribution in [0.5, 0.6) is 0 Å². The molecule has 12 heteroatoms. The minimum atomic E-state index is -1.92. The van der Waals surface area contributed by atoms with Gasteiger partial charge in [-0.05, 0) is 0 Å². The maximum absolute atomic E-state index is 10.2. The van der Waals surface area contributed by atoms with Crippen LogP contribution in [0.2, 0.25) is 0 Å². The highest BCUT2D eigenvalue weighted by Crippen LogP contribution is 2.28. The first-order valence-electron chi connectivity index (χ1n) is 7.98. The van der Waals surface area contributed by atoms with Crippen molar-refractivity contribution < 1.29 is 59.4 Å². The Morgan fingerprint density at radius 3 is 1.88 bits per heavy atom. The number of aliphatic hydroxyl groups is 7. The largest absolute Gasteiger partial charge is 0.394 e. The topological polar surface area (TPSA) is 188 Å². The highest BCUT2D eigenvalue weighted by atomic mass is 16.7. The van der Waals surface area contributed by atoms with Gasteiger partial charge in [-0.3, -0.25) is 0 Å². The Bertz CT molecular complexity index is 434. The summed E-state index contributed by atoms with van der Waals surface area (Å²) in [5.74, 6) is 0. The first-order valence-corrected chi connectivity index (χ1v) is 7.98. The molecule has 11 unspecified atom stereocenters. The maximum atomic E-state index is 10.2. The van der Waals surface area contributed by atoms with Crippen LogP contribution in [0.15, 0.2) is 0 Å². The molecule has 0 spiro atoms. The van der Waals surface area contributed by atoms with E-state index in [0.717, 1.165) is 0 Å². The Labute approximate surface area is 149 Å². The van der Waals surface area contributed by atoms with Gasteiger partial charge in [0.25, 0.3) is 0 Å². The summed E-state index contributed by atoms with van der Waals surface area (Å²) in [4.78, 5) is 0. The standard InChI is InChI=1S/C14H26O12/c1-22-13-9(20)7(18)10(4(3-15)24-13)25-12(21)11-6(17)5(16)8(19)14(23-2)26-11/h4-21H,3H2,1-2H3. The van der Waals surface area contributed by atoms with E-state index in [2.05, 4.69) is 0 Å². The van der Waals surface area contributed by atoms with E-state index < -0.39 is 74.3 Å². The van der Waals surface area contributed by atoms with Gasteiger partial charge in [0.05, 0.1) is 6.61 Å². The molecular formula is C14H26O12. The number of methoxy groups -OCH3 is 2. The van der Waals surface area contributed by atoms with E-state index in [1.54, 1.807) is 0 Å². The molecule has 0 aromatic carbocycles. The minimum Gasteiger partial charge on any atom is -0.394 e. The number of hydrogen-bond acceptors (Lipinski definition) is 12. The lowest BCUT2D eigenvalue weighted by Gasteiger charge is -2.45. The SMILES string of the molecule is COC1OC(C(O)OC2C(CO)OC(OC)C(O)C2O)C(O)C(O)C1O. The summed E-state index contributed by atoms with van der Waals surface area (Å²) in [5, 5.41) is 69.3. The Kier molecular flexibility index (Phi) is 7.67. The molecule has 0 saturated carbocycles. The summed E-state index contributed by atoms with van der Waals surface area (Å²) in [6.07, 6.45) is -16.7. The molecule has 2 aliphatic heterocycles. The van der Waals surface area contributed by atoms with E-state index in [9.17, 15) is 35.7 Å². The van der Waals surface area contributed by atoms with Crippen LogP contribution in [0, 0.1) is 0 Å². The lowest BCUT2D eigenvalue weighted by molar-refractivity contribution is -0.358. The highest BCUT2D eigenvalue weighted by Gasteiger charge is 2.50. The van der Waals surface area contributed by atoms with Crippen LogP contribution in [-0.2, 0) is 23.7 Å². The van der Waals surface area contributed by atoms with Crippen LogP contribution in [-0.4, -0.2) is 124 Å². The summed E-state index contributed by atoms with van der Waals surface area (Å²) < 4.78 is 25.3. The molecule has 7 N–H and O–H groups in total. The van der Waals surface area contributed by atoms with Gasteiger partial charge >= 0.3 is 0 Å². The van der Waals surface area contributed by atoms with Crippen molar-refractivity contribution >= 4 is 0 Å². The first-order chi connectivity index (χ1) is 12.3. The molecule has 2 saturated heterocycles. The van der Waals surface area contributed by atoms with Crippen molar-refractivity contribution in [2.24, 2.45) is 0 Å². The van der Waals surface area contributed by atoms with Crippen molar-refractivity contribution in [3.8, 4) is 0 Å². The monoisotopic (exact) mass is 386 g/mol. The fourth-order valence-electron chi connectivity index (χ4n) is 2.96. The molecule has 0 radical (unpaired) electrons. The molecule has 0 bridgehead atoms. The van der Waals surface area contributed by atoms with Crippen molar-refractivity contribution in [3.05, 3.63) is 0 Å². The molecule has 0 amide bonds. The number of ether oxygens (including phenoxy) is 5. The molecule has 2 rings (SSSR count). The van der Waals surface area contributed by atoms with Crippen LogP contribution in [0.25, 0.3) is 0 Å². The number of rotatable bonds is 6. The molecule has 26 heavy (non-hydrogen) atoms. The zero-order valence-electron chi connectivity index (χ0n) is 14.2. The molecule has 0 aromatic heterocycles. The molecule has 2 fully saturated rings. The smallest absolute Gasteiger partial charge is 0.186 e. The van der Waals surface area contributed by atoms with E-state index in [0.29, 0.717) is 0 Å². The number of hydrogen-bond donors (Lipinski definition) is 7. The van der Waals surface area contributed by atoms with Crippen molar-refractivity contribution in [2.45, 2.75) is 67.7 Å². The Balaban J connectivity index is 2.10. The Hall–Kier alpha value is -0.480. The van der Waals surface area contributed by atoms with E-state index in [4.69, 9.17) is 23.7 Å². The normalized spacial score (nSPS) is 48.3.